The summed E-state index contributed by atoms with van der Waals surface area (Å²) in [6, 6.07) is 29.0. The second-order valence-corrected chi connectivity index (χ2v) is 7.67. The predicted molar refractivity (Wildman–Crippen MR) is 123 cm³/mol. The fourth-order valence-corrected chi connectivity index (χ4v) is 3.82. The molecule has 0 unspecified atom stereocenters. The van der Waals surface area contributed by atoms with Crippen LogP contribution >= 0.6 is 11.6 Å². The van der Waals surface area contributed by atoms with Crippen molar-refractivity contribution < 1.29 is 0 Å². The second kappa shape index (κ2) is 9.11. The van der Waals surface area contributed by atoms with Crippen LogP contribution in [0.2, 0.25) is 5.02 Å². The summed E-state index contributed by atoms with van der Waals surface area (Å²) in [5.74, 6) is 0.996. The molecule has 0 aliphatic heterocycles. The van der Waals surface area contributed by atoms with E-state index in [1.165, 1.54) is 24.1 Å². The van der Waals surface area contributed by atoms with E-state index in [2.05, 4.69) is 78.2 Å². The van der Waals surface area contributed by atoms with Gasteiger partial charge < -0.3 is 4.57 Å². The molecule has 0 N–H and O–H groups in total. The van der Waals surface area contributed by atoms with Crippen LogP contribution in [0.25, 0.3) is 33.9 Å². The van der Waals surface area contributed by atoms with E-state index < -0.39 is 0 Å². The van der Waals surface area contributed by atoms with E-state index in [1.807, 2.05) is 18.2 Å². The summed E-state index contributed by atoms with van der Waals surface area (Å²) in [4.78, 5) is 5.16. The molecule has 0 amide bonds. The minimum atomic E-state index is 0.740. The third kappa shape index (κ3) is 4.28. The highest BCUT2D eigenvalue weighted by atomic mass is 35.5. The van der Waals surface area contributed by atoms with Crippen molar-refractivity contribution in [1.29, 1.82) is 0 Å². The fourth-order valence-electron chi connectivity index (χ4n) is 3.70. The van der Waals surface area contributed by atoms with Gasteiger partial charge in [0, 0.05) is 28.3 Å². The Hall–Kier alpha value is -2.84. The van der Waals surface area contributed by atoms with E-state index in [0.717, 1.165) is 40.6 Å². The summed E-state index contributed by atoms with van der Waals surface area (Å²) in [7, 11) is 0. The molecule has 146 valence electrons. The molecule has 1 heterocycles. The van der Waals surface area contributed by atoms with E-state index in [0.29, 0.717) is 0 Å². The number of aromatic nitrogens is 2. The number of imidazole rings is 1. The number of benzene rings is 3. The zero-order chi connectivity index (χ0) is 20.1. The Labute approximate surface area is 177 Å². The van der Waals surface area contributed by atoms with Gasteiger partial charge in [-0.15, -0.1) is 0 Å². The van der Waals surface area contributed by atoms with Gasteiger partial charge in [-0.25, -0.2) is 4.98 Å². The molecule has 29 heavy (non-hydrogen) atoms. The Balaban J connectivity index is 1.95. The topological polar surface area (TPSA) is 17.8 Å². The second-order valence-electron chi connectivity index (χ2n) is 7.23. The van der Waals surface area contributed by atoms with Crippen molar-refractivity contribution in [3.8, 4) is 33.9 Å². The van der Waals surface area contributed by atoms with Crippen molar-refractivity contribution in [2.24, 2.45) is 0 Å². The molecule has 3 aromatic carbocycles. The number of nitrogens with zero attached hydrogens (tertiary/aromatic N) is 2. The van der Waals surface area contributed by atoms with Crippen LogP contribution in [0, 0.1) is 0 Å². The molecule has 0 aliphatic carbocycles. The van der Waals surface area contributed by atoms with Crippen LogP contribution in [0.1, 0.15) is 26.2 Å². The van der Waals surface area contributed by atoms with Crippen molar-refractivity contribution >= 4 is 11.6 Å². The number of halogens is 1. The standard InChI is InChI=1S/C26H25ClN2/c1-2-3-10-19-29-25(21-13-8-5-9-14-21)24(20-11-6-4-7-12-20)28-26(29)22-15-17-23(27)18-16-22/h4-9,11-18H,2-3,10,19H2,1H3. The molecule has 0 saturated heterocycles. The summed E-state index contributed by atoms with van der Waals surface area (Å²) >= 11 is 6.14. The molecule has 0 fully saturated rings. The Morgan fingerprint density at radius 1 is 0.724 bits per heavy atom. The van der Waals surface area contributed by atoms with Crippen LogP contribution in [-0.2, 0) is 6.54 Å². The molecule has 0 atom stereocenters. The van der Waals surface area contributed by atoms with E-state index in [4.69, 9.17) is 16.6 Å². The van der Waals surface area contributed by atoms with Crippen molar-refractivity contribution in [3.05, 3.63) is 90.0 Å². The summed E-state index contributed by atoms with van der Waals surface area (Å²) < 4.78 is 2.39. The molecule has 4 rings (SSSR count). The summed E-state index contributed by atoms with van der Waals surface area (Å²) in [5.41, 5.74) is 5.62. The highest BCUT2D eigenvalue weighted by molar-refractivity contribution is 6.30. The average Bonchev–Trinajstić information content (AvgIpc) is 3.15. The minimum absolute atomic E-state index is 0.740. The number of unbranched alkanes of at least 4 members (excludes halogenated alkanes) is 2. The van der Waals surface area contributed by atoms with E-state index >= 15 is 0 Å². The summed E-state index contributed by atoms with van der Waals surface area (Å²) in [6.07, 6.45) is 3.52. The van der Waals surface area contributed by atoms with E-state index in [-0.39, 0.29) is 0 Å². The van der Waals surface area contributed by atoms with Gasteiger partial charge in [0.1, 0.15) is 5.82 Å². The van der Waals surface area contributed by atoms with Gasteiger partial charge >= 0.3 is 0 Å². The lowest BCUT2D eigenvalue weighted by Gasteiger charge is -2.13. The van der Waals surface area contributed by atoms with Crippen LogP contribution in [0.15, 0.2) is 84.9 Å². The lowest BCUT2D eigenvalue weighted by molar-refractivity contribution is 0.610. The molecular formula is C26H25ClN2. The van der Waals surface area contributed by atoms with Crippen LogP contribution in [0.5, 0.6) is 0 Å². The molecule has 0 spiro atoms. The lowest BCUT2D eigenvalue weighted by atomic mass is 10.0. The first-order valence-electron chi connectivity index (χ1n) is 10.2. The van der Waals surface area contributed by atoms with Gasteiger partial charge in [0.05, 0.1) is 11.4 Å². The third-order valence-corrected chi connectivity index (χ3v) is 5.40. The lowest BCUT2D eigenvalue weighted by Crippen LogP contribution is -2.03. The third-order valence-electron chi connectivity index (χ3n) is 5.15. The Morgan fingerprint density at radius 3 is 1.97 bits per heavy atom. The zero-order valence-electron chi connectivity index (χ0n) is 16.7. The van der Waals surface area contributed by atoms with E-state index in [9.17, 15) is 0 Å². The quantitative estimate of drug-likeness (QED) is 0.290. The molecule has 1 aromatic heterocycles. The van der Waals surface area contributed by atoms with Crippen molar-refractivity contribution in [2.75, 3.05) is 0 Å². The zero-order valence-corrected chi connectivity index (χ0v) is 17.4. The minimum Gasteiger partial charge on any atom is -0.323 e. The first kappa shape index (κ1) is 19.5. The van der Waals surface area contributed by atoms with E-state index in [1.54, 1.807) is 0 Å². The van der Waals surface area contributed by atoms with Gasteiger partial charge in [0.15, 0.2) is 0 Å². The number of hydrogen-bond donors (Lipinski definition) is 0. The van der Waals surface area contributed by atoms with Crippen molar-refractivity contribution in [1.82, 2.24) is 9.55 Å². The molecule has 0 radical (unpaired) electrons. The largest absolute Gasteiger partial charge is 0.323 e. The Bertz CT molecular complexity index is 1050. The van der Waals surface area contributed by atoms with Gasteiger partial charge in [0.2, 0.25) is 0 Å². The normalized spacial score (nSPS) is 11.0. The Kier molecular flexibility index (Phi) is 6.12. The molecule has 3 heteroatoms. The number of rotatable bonds is 7. The molecule has 0 bridgehead atoms. The average molecular weight is 401 g/mol. The van der Waals surface area contributed by atoms with Gasteiger partial charge in [-0.2, -0.15) is 0 Å². The maximum atomic E-state index is 6.14. The highest BCUT2D eigenvalue weighted by Gasteiger charge is 2.20. The molecule has 2 nitrogen and oxygen atoms in total. The van der Waals surface area contributed by atoms with Crippen LogP contribution in [0.3, 0.4) is 0 Å². The number of hydrogen-bond acceptors (Lipinski definition) is 1. The predicted octanol–water partition coefficient (Wildman–Crippen LogP) is 7.73. The summed E-state index contributed by atoms with van der Waals surface area (Å²) in [6.45, 7) is 3.18. The fraction of sp³-hybridized carbons (Fsp3) is 0.192. The van der Waals surface area contributed by atoms with Crippen LogP contribution in [0.4, 0.5) is 0 Å². The van der Waals surface area contributed by atoms with Gasteiger partial charge in [0.25, 0.3) is 0 Å². The van der Waals surface area contributed by atoms with Crippen LogP contribution in [-0.4, -0.2) is 9.55 Å². The highest BCUT2D eigenvalue weighted by Crippen LogP contribution is 2.36. The molecule has 4 aromatic rings. The first-order valence-corrected chi connectivity index (χ1v) is 10.6. The molecular weight excluding hydrogens is 376 g/mol. The first-order chi connectivity index (χ1) is 14.3. The SMILES string of the molecule is CCCCCn1c(-c2ccc(Cl)cc2)nc(-c2ccccc2)c1-c1ccccc1. The van der Waals surface area contributed by atoms with Crippen LogP contribution < -0.4 is 0 Å². The maximum Gasteiger partial charge on any atom is 0.141 e. The van der Waals surface area contributed by atoms with Gasteiger partial charge in [-0.05, 0) is 30.7 Å². The maximum absolute atomic E-state index is 6.14. The van der Waals surface area contributed by atoms with Gasteiger partial charge in [-0.3, -0.25) is 0 Å². The summed E-state index contributed by atoms with van der Waals surface area (Å²) in [5, 5.41) is 0.740. The Morgan fingerprint density at radius 2 is 1.34 bits per heavy atom. The van der Waals surface area contributed by atoms with Crippen molar-refractivity contribution in [3.63, 3.8) is 0 Å². The molecule has 0 aliphatic rings. The molecule has 0 saturated carbocycles. The van der Waals surface area contributed by atoms with Crippen molar-refractivity contribution in [2.45, 2.75) is 32.7 Å². The monoisotopic (exact) mass is 400 g/mol. The smallest absolute Gasteiger partial charge is 0.141 e. The van der Waals surface area contributed by atoms with Gasteiger partial charge in [-0.1, -0.05) is 92.0 Å².